The lowest BCUT2D eigenvalue weighted by Crippen LogP contribution is -2.24. The first-order valence-electron chi connectivity index (χ1n) is 9.08. The number of aromatic nitrogens is 3. The van der Waals surface area contributed by atoms with E-state index in [-0.39, 0.29) is 24.4 Å². The molecule has 0 unspecified atom stereocenters. The number of furan rings is 1. The lowest BCUT2D eigenvalue weighted by atomic mass is 10.2. The number of aryl methyl sites for hydroxylation is 1. The van der Waals surface area contributed by atoms with Crippen molar-refractivity contribution in [3.8, 4) is 0 Å². The van der Waals surface area contributed by atoms with Gasteiger partial charge in [-0.15, -0.1) is 0 Å². The number of hydrogen-bond donors (Lipinski definition) is 1. The monoisotopic (exact) mass is 444 g/mol. The molecule has 10 heteroatoms. The number of thioether (sulfide) groups is 1. The van der Waals surface area contributed by atoms with Gasteiger partial charge in [-0.1, -0.05) is 28.5 Å². The van der Waals surface area contributed by atoms with E-state index in [4.69, 9.17) is 20.5 Å². The van der Waals surface area contributed by atoms with Crippen molar-refractivity contribution in [3.63, 3.8) is 0 Å². The molecule has 0 aliphatic rings. The predicted molar refractivity (Wildman–Crippen MR) is 114 cm³/mol. The number of carbonyl (C=O) groups is 1. The molecule has 154 valence electrons. The molecule has 0 aliphatic carbocycles. The Bertz CT molecular complexity index is 1250. The van der Waals surface area contributed by atoms with E-state index in [1.54, 1.807) is 54.2 Å². The molecular formula is C20H17ClN4O4S. The first kappa shape index (κ1) is 20.2. The van der Waals surface area contributed by atoms with Crippen LogP contribution in [0.2, 0.25) is 5.02 Å². The average molecular weight is 445 g/mol. The molecule has 1 aromatic carbocycles. The molecule has 8 nitrogen and oxygen atoms in total. The van der Waals surface area contributed by atoms with Gasteiger partial charge >= 0.3 is 0 Å². The molecule has 0 radical (unpaired) electrons. The Labute approximate surface area is 180 Å². The summed E-state index contributed by atoms with van der Waals surface area (Å²) in [7, 11) is 0. The van der Waals surface area contributed by atoms with Crippen molar-refractivity contribution in [2.75, 3.05) is 11.1 Å². The zero-order valence-electron chi connectivity index (χ0n) is 15.9. The molecule has 30 heavy (non-hydrogen) atoms. The van der Waals surface area contributed by atoms with Crippen LogP contribution >= 0.6 is 23.4 Å². The number of rotatable bonds is 7. The predicted octanol–water partition coefficient (Wildman–Crippen LogP) is 4.11. The van der Waals surface area contributed by atoms with Gasteiger partial charge in [0.15, 0.2) is 11.0 Å². The van der Waals surface area contributed by atoms with Crippen molar-refractivity contribution in [2.45, 2.75) is 25.0 Å². The number of nitrogens with zero attached hydrogens (tertiary/aromatic N) is 3. The second-order valence-electron chi connectivity index (χ2n) is 6.50. The van der Waals surface area contributed by atoms with Crippen molar-refractivity contribution >= 4 is 46.0 Å². The van der Waals surface area contributed by atoms with Crippen LogP contribution in [0.25, 0.3) is 10.9 Å². The summed E-state index contributed by atoms with van der Waals surface area (Å²) in [6, 6.07) is 10.2. The second kappa shape index (κ2) is 8.76. The number of anilines is 1. The fourth-order valence-corrected chi connectivity index (χ4v) is 3.95. The first-order valence-corrected chi connectivity index (χ1v) is 10.4. The molecule has 0 saturated carbocycles. The highest BCUT2D eigenvalue weighted by molar-refractivity contribution is 7.99. The molecule has 0 atom stereocenters. The summed E-state index contributed by atoms with van der Waals surface area (Å²) in [5.41, 5.74) is 0.311. The Morgan fingerprint density at radius 2 is 2.17 bits per heavy atom. The first-order chi connectivity index (χ1) is 14.5. The van der Waals surface area contributed by atoms with E-state index in [0.717, 1.165) is 0 Å². The van der Waals surface area contributed by atoms with Gasteiger partial charge < -0.3 is 14.3 Å². The summed E-state index contributed by atoms with van der Waals surface area (Å²) in [4.78, 5) is 29.8. The van der Waals surface area contributed by atoms with Crippen LogP contribution in [0.5, 0.6) is 0 Å². The quantitative estimate of drug-likeness (QED) is 0.338. The highest BCUT2D eigenvalue weighted by Gasteiger charge is 2.15. The SMILES string of the molecule is Cc1cc(NC(=O)CCSc2nc3cc(Cl)ccc3c(=O)n2Cc2ccco2)no1. The Hall–Kier alpha value is -3.04. The van der Waals surface area contributed by atoms with Crippen molar-refractivity contribution in [2.24, 2.45) is 0 Å². The maximum atomic E-state index is 13.1. The van der Waals surface area contributed by atoms with Gasteiger partial charge in [-0.25, -0.2) is 4.98 Å². The van der Waals surface area contributed by atoms with Crippen LogP contribution in [-0.2, 0) is 11.3 Å². The molecular weight excluding hydrogens is 428 g/mol. The lowest BCUT2D eigenvalue weighted by molar-refractivity contribution is -0.115. The molecule has 0 saturated heterocycles. The molecule has 4 rings (SSSR count). The van der Waals surface area contributed by atoms with E-state index in [0.29, 0.717) is 44.2 Å². The molecule has 0 aliphatic heterocycles. The van der Waals surface area contributed by atoms with Crippen molar-refractivity contribution in [3.05, 3.63) is 69.6 Å². The Morgan fingerprint density at radius 3 is 2.90 bits per heavy atom. The molecule has 3 aromatic heterocycles. The van der Waals surface area contributed by atoms with Crippen LogP contribution in [0.15, 0.2) is 61.6 Å². The number of carbonyl (C=O) groups excluding carboxylic acids is 1. The van der Waals surface area contributed by atoms with Crippen LogP contribution in [0.4, 0.5) is 5.82 Å². The molecule has 0 spiro atoms. The van der Waals surface area contributed by atoms with Crippen molar-refractivity contribution in [1.82, 2.24) is 14.7 Å². The zero-order chi connectivity index (χ0) is 21.1. The van der Waals surface area contributed by atoms with E-state index in [1.165, 1.54) is 11.8 Å². The topological polar surface area (TPSA) is 103 Å². The zero-order valence-corrected chi connectivity index (χ0v) is 17.5. The minimum atomic E-state index is -0.209. The summed E-state index contributed by atoms with van der Waals surface area (Å²) in [6.45, 7) is 1.98. The highest BCUT2D eigenvalue weighted by Crippen LogP contribution is 2.22. The van der Waals surface area contributed by atoms with E-state index in [9.17, 15) is 9.59 Å². The van der Waals surface area contributed by atoms with E-state index in [1.807, 2.05) is 0 Å². The molecule has 1 N–H and O–H groups in total. The van der Waals surface area contributed by atoms with E-state index in [2.05, 4.69) is 15.5 Å². The minimum absolute atomic E-state index is 0.196. The number of halogens is 1. The van der Waals surface area contributed by atoms with Crippen LogP contribution in [0.3, 0.4) is 0 Å². The van der Waals surface area contributed by atoms with Crippen LogP contribution < -0.4 is 10.9 Å². The minimum Gasteiger partial charge on any atom is -0.467 e. The summed E-state index contributed by atoms with van der Waals surface area (Å²) < 4.78 is 11.9. The molecule has 0 bridgehead atoms. The summed E-state index contributed by atoms with van der Waals surface area (Å²) in [6.07, 6.45) is 1.76. The van der Waals surface area contributed by atoms with Gasteiger partial charge in [0, 0.05) is 23.3 Å². The third kappa shape index (κ3) is 4.58. The van der Waals surface area contributed by atoms with Gasteiger partial charge in [-0.2, -0.15) is 0 Å². The van der Waals surface area contributed by atoms with Gasteiger partial charge in [-0.3, -0.25) is 14.2 Å². The fraction of sp³-hybridized carbons (Fsp3) is 0.200. The van der Waals surface area contributed by atoms with Gasteiger partial charge in [0.2, 0.25) is 5.91 Å². The van der Waals surface area contributed by atoms with Crippen molar-refractivity contribution < 1.29 is 13.7 Å². The Balaban J connectivity index is 1.55. The molecule has 1 amide bonds. The number of nitrogens with one attached hydrogen (secondary N) is 1. The smallest absolute Gasteiger partial charge is 0.262 e. The lowest BCUT2D eigenvalue weighted by Gasteiger charge is -2.12. The van der Waals surface area contributed by atoms with Gasteiger partial charge in [0.25, 0.3) is 5.56 Å². The Morgan fingerprint density at radius 1 is 1.30 bits per heavy atom. The fourth-order valence-electron chi connectivity index (χ4n) is 2.85. The van der Waals surface area contributed by atoms with E-state index >= 15 is 0 Å². The van der Waals surface area contributed by atoms with Crippen LogP contribution in [-0.4, -0.2) is 26.4 Å². The summed E-state index contributed by atoms with van der Waals surface area (Å²) >= 11 is 7.38. The van der Waals surface area contributed by atoms with E-state index < -0.39 is 0 Å². The van der Waals surface area contributed by atoms with Gasteiger partial charge in [-0.05, 0) is 37.3 Å². The third-order valence-corrected chi connectivity index (χ3v) is 5.45. The third-order valence-electron chi connectivity index (χ3n) is 4.23. The highest BCUT2D eigenvalue weighted by atomic mass is 35.5. The number of benzene rings is 1. The molecule has 3 heterocycles. The molecule has 4 aromatic rings. The van der Waals surface area contributed by atoms with Crippen LogP contribution in [0, 0.1) is 6.92 Å². The summed E-state index contributed by atoms with van der Waals surface area (Å²) in [5, 5.41) is 7.85. The van der Waals surface area contributed by atoms with Gasteiger partial charge in [0.1, 0.15) is 11.5 Å². The van der Waals surface area contributed by atoms with Crippen molar-refractivity contribution in [1.29, 1.82) is 0 Å². The maximum absolute atomic E-state index is 13.1. The van der Waals surface area contributed by atoms with Crippen LogP contribution in [0.1, 0.15) is 17.9 Å². The molecule has 0 fully saturated rings. The Kier molecular flexibility index (Phi) is 5.91. The normalized spacial score (nSPS) is 11.1. The maximum Gasteiger partial charge on any atom is 0.262 e. The standard InChI is InChI=1S/C20H17ClN4O4S/c1-12-9-17(24-29-12)23-18(26)6-8-30-20-22-16-10-13(21)4-5-15(16)19(27)25(20)11-14-3-2-7-28-14/h2-5,7,9-10H,6,8,11H2,1H3,(H,23,24,26). The number of fused-ring (bicyclic) bond motifs is 1. The number of hydrogen-bond acceptors (Lipinski definition) is 7. The number of amides is 1. The van der Waals surface area contributed by atoms with Gasteiger partial charge in [0.05, 0.1) is 23.7 Å². The second-order valence-corrected chi connectivity index (χ2v) is 7.99. The largest absolute Gasteiger partial charge is 0.467 e. The average Bonchev–Trinajstić information content (AvgIpc) is 3.36. The summed E-state index contributed by atoms with van der Waals surface area (Å²) in [5.74, 6) is 1.82.